The summed E-state index contributed by atoms with van der Waals surface area (Å²) < 4.78 is 38.9. The van der Waals surface area contributed by atoms with Crippen molar-refractivity contribution in [1.82, 2.24) is 5.01 Å². The van der Waals surface area contributed by atoms with Crippen LogP contribution < -0.4 is 0 Å². The topological polar surface area (TPSA) is 76.7 Å². The zero-order valence-corrected chi connectivity index (χ0v) is 11.1. The Morgan fingerprint density at radius 2 is 2.20 bits per heavy atom. The van der Waals surface area contributed by atoms with E-state index in [2.05, 4.69) is 5.10 Å². The minimum Gasteiger partial charge on any atom is -0.362 e. The molecule has 0 aromatic heterocycles. The normalized spacial score (nSPS) is 22.6. The van der Waals surface area contributed by atoms with Gasteiger partial charge in [-0.1, -0.05) is 19.8 Å². The van der Waals surface area contributed by atoms with Gasteiger partial charge in [-0.05, 0) is 12.8 Å². The molecule has 0 aromatic rings. The Kier molecular flexibility index (Phi) is 5.11. The van der Waals surface area contributed by atoms with Crippen molar-refractivity contribution < 1.29 is 23.1 Å². The van der Waals surface area contributed by atoms with Crippen LogP contribution in [0.5, 0.6) is 0 Å². The van der Waals surface area contributed by atoms with Gasteiger partial charge >= 0.3 is 6.18 Å². The molecule has 1 atom stereocenters. The Hall–Kier alpha value is -1.62. The van der Waals surface area contributed by atoms with Gasteiger partial charge < -0.3 is 5.11 Å². The van der Waals surface area contributed by atoms with Crippen molar-refractivity contribution in [2.75, 3.05) is 0 Å². The first-order valence-corrected chi connectivity index (χ1v) is 6.31. The molecular weight excluding hydrogens is 275 g/mol. The fraction of sp³-hybridized carbons (Fsp3) is 0.750. The predicted octanol–water partition coefficient (Wildman–Crippen LogP) is 2.32. The summed E-state index contributed by atoms with van der Waals surface area (Å²) in [5.74, 6) is -1.15. The quantitative estimate of drug-likeness (QED) is 0.790. The summed E-state index contributed by atoms with van der Waals surface area (Å²) in [6.07, 6.45) is -3.87. The summed E-state index contributed by atoms with van der Waals surface area (Å²) in [5, 5.41) is 21.8. The van der Waals surface area contributed by atoms with Crippen LogP contribution in [0.3, 0.4) is 0 Å². The zero-order valence-electron chi connectivity index (χ0n) is 11.1. The lowest BCUT2D eigenvalue weighted by Gasteiger charge is -2.32. The molecule has 1 rings (SSSR count). The molecule has 0 unspecified atom stereocenters. The molecule has 1 aliphatic heterocycles. The number of alkyl halides is 3. The van der Waals surface area contributed by atoms with Crippen LogP contribution >= 0.6 is 0 Å². The minimum absolute atomic E-state index is 0.0114. The van der Waals surface area contributed by atoms with E-state index in [1.165, 1.54) is 6.07 Å². The summed E-state index contributed by atoms with van der Waals surface area (Å²) in [6.45, 7) is 1.95. The third kappa shape index (κ3) is 3.28. The van der Waals surface area contributed by atoms with Crippen LogP contribution in [0.2, 0.25) is 0 Å². The van der Waals surface area contributed by atoms with Crippen molar-refractivity contribution in [1.29, 1.82) is 5.26 Å². The summed E-state index contributed by atoms with van der Waals surface area (Å²) in [7, 11) is 0. The summed E-state index contributed by atoms with van der Waals surface area (Å²) in [6, 6.07) is 1.46. The first-order valence-electron chi connectivity index (χ1n) is 6.31. The van der Waals surface area contributed by atoms with Crippen LogP contribution in [0.15, 0.2) is 5.10 Å². The molecule has 112 valence electrons. The maximum atomic E-state index is 13.0. The molecule has 0 aromatic carbocycles. The number of carbonyl (C=O) groups is 1. The summed E-state index contributed by atoms with van der Waals surface area (Å²) >= 11 is 0. The lowest BCUT2D eigenvalue weighted by Crippen LogP contribution is -2.56. The molecule has 1 aliphatic rings. The number of nitrogens with zero attached hydrogens (tertiary/aromatic N) is 3. The van der Waals surface area contributed by atoms with Gasteiger partial charge in [-0.2, -0.15) is 28.5 Å². The molecule has 0 bridgehead atoms. The Balaban J connectivity index is 2.92. The van der Waals surface area contributed by atoms with Crippen LogP contribution in [0, 0.1) is 11.3 Å². The van der Waals surface area contributed by atoms with E-state index in [-0.39, 0.29) is 10.7 Å². The number of halogens is 3. The van der Waals surface area contributed by atoms with Crippen molar-refractivity contribution in [2.24, 2.45) is 5.10 Å². The van der Waals surface area contributed by atoms with E-state index < -0.39 is 30.7 Å². The minimum atomic E-state index is -5.02. The molecule has 0 saturated heterocycles. The largest absolute Gasteiger partial charge is 0.438 e. The molecule has 1 heterocycles. The number of unbranched alkanes of at least 4 members (excludes halogenated alkanes) is 2. The number of amides is 1. The van der Waals surface area contributed by atoms with Gasteiger partial charge in [0.25, 0.3) is 11.6 Å². The van der Waals surface area contributed by atoms with Crippen molar-refractivity contribution >= 4 is 11.6 Å². The SMILES string of the molecule is CCCCCC1=NN(C(=O)CC#N)[C@@](O)(C(F)(F)F)C1. The van der Waals surface area contributed by atoms with Gasteiger partial charge in [0.05, 0.1) is 6.07 Å². The lowest BCUT2D eigenvalue weighted by molar-refractivity contribution is -0.302. The van der Waals surface area contributed by atoms with E-state index in [0.717, 1.165) is 12.8 Å². The van der Waals surface area contributed by atoms with Crippen molar-refractivity contribution in [3.8, 4) is 6.07 Å². The monoisotopic (exact) mass is 291 g/mol. The van der Waals surface area contributed by atoms with Crippen molar-refractivity contribution in [3.63, 3.8) is 0 Å². The highest BCUT2D eigenvalue weighted by Gasteiger charge is 2.62. The number of hydrazone groups is 1. The molecule has 0 fully saturated rings. The third-order valence-electron chi connectivity index (χ3n) is 3.03. The number of nitriles is 1. The Morgan fingerprint density at radius 3 is 2.70 bits per heavy atom. The van der Waals surface area contributed by atoms with Crippen molar-refractivity contribution in [2.45, 2.75) is 57.3 Å². The second kappa shape index (κ2) is 6.22. The molecule has 0 saturated carbocycles. The van der Waals surface area contributed by atoms with E-state index in [4.69, 9.17) is 5.26 Å². The van der Waals surface area contributed by atoms with Crippen LogP contribution in [0.4, 0.5) is 13.2 Å². The van der Waals surface area contributed by atoms with Crippen LogP contribution in [-0.4, -0.2) is 33.6 Å². The van der Waals surface area contributed by atoms with Crippen LogP contribution in [-0.2, 0) is 4.79 Å². The molecule has 1 amide bonds. The molecule has 20 heavy (non-hydrogen) atoms. The highest BCUT2D eigenvalue weighted by atomic mass is 19.4. The average Bonchev–Trinajstić information content (AvgIpc) is 2.68. The number of hydrogen-bond donors (Lipinski definition) is 1. The smallest absolute Gasteiger partial charge is 0.362 e. The highest BCUT2D eigenvalue weighted by Crippen LogP contribution is 2.41. The first kappa shape index (κ1) is 16.4. The maximum Gasteiger partial charge on any atom is 0.438 e. The third-order valence-corrected chi connectivity index (χ3v) is 3.03. The second-order valence-electron chi connectivity index (χ2n) is 4.65. The average molecular weight is 291 g/mol. The van der Waals surface area contributed by atoms with E-state index in [9.17, 15) is 23.1 Å². The van der Waals surface area contributed by atoms with E-state index in [0.29, 0.717) is 12.8 Å². The van der Waals surface area contributed by atoms with Crippen LogP contribution in [0.1, 0.15) is 45.4 Å². The van der Waals surface area contributed by atoms with Gasteiger partial charge in [0, 0.05) is 12.1 Å². The Labute approximate surface area is 114 Å². The summed E-state index contributed by atoms with van der Waals surface area (Å²) in [5.41, 5.74) is -3.20. The first-order chi connectivity index (χ1) is 9.26. The fourth-order valence-corrected chi connectivity index (χ4v) is 1.96. The molecular formula is C12H16F3N3O2. The standard InChI is InChI=1S/C12H16F3N3O2/c1-2-3-4-5-9-8-11(20,12(13,14)15)18(17-9)10(19)6-7-16/h20H,2-6,8H2,1H3/t11-/m0/s1. The number of carbonyl (C=O) groups excluding carboxylic acids is 1. The molecule has 5 nitrogen and oxygen atoms in total. The molecule has 1 N–H and O–H groups in total. The maximum absolute atomic E-state index is 13.0. The van der Waals surface area contributed by atoms with Crippen molar-refractivity contribution in [3.05, 3.63) is 0 Å². The molecule has 8 heteroatoms. The van der Waals surface area contributed by atoms with Gasteiger partial charge in [0.15, 0.2) is 0 Å². The van der Waals surface area contributed by atoms with Gasteiger partial charge in [-0.3, -0.25) is 4.79 Å². The lowest BCUT2D eigenvalue weighted by atomic mass is 10.0. The van der Waals surface area contributed by atoms with Gasteiger partial charge in [-0.15, -0.1) is 0 Å². The van der Waals surface area contributed by atoms with Gasteiger partial charge in [0.2, 0.25) is 0 Å². The highest BCUT2D eigenvalue weighted by molar-refractivity contribution is 5.91. The van der Waals surface area contributed by atoms with Crippen LogP contribution in [0.25, 0.3) is 0 Å². The van der Waals surface area contributed by atoms with E-state index in [1.54, 1.807) is 0 Å². The molecule has 0 aliphatic carbocycles. The number of rotatable bonds is 5. The molecule has 0 spiro atoms. The number of hydrogen-bond acceptors (Lipinski definition) is 4. The molecule has 0 radical (unpaired) electrons. The van der Waals surface area contributed by atoms with Gasteiger partial charge in [-0.25, -0.2) is 0 Å². The zero-order chi connectivity index (χ0) is 15.4. The second-order valence-corrected chi connectivity index (χ2v) is 4.65. The Bertz CT molecular complexity index is 442. The van der Waals surface area contributed by atoms with E-state index >= 15 is 0 Å². The number of aliphatic hydroxyl groups is 1. The van der Waals surface area contributed by atoms with Gasteiger partial charge in [0.1, 0.15) is 6.42 Å². The predicted molar refractivity (Wildman–Crippen MR) is 64.3 cm³/mol. The Morgan fingerprint density at radius 1 is 1.55 bits per heavy atom. The van der Waals surface area contributed by atoms with E-state index in [1.807, 2.05) is 6.92 Å². The summed E-state index contributed by atoms with van der Waals surface area (Å²) in [4.78, 5) is 11.5. The fourth-order valence-electron chi connectivity index (χ4n) is 1.96.